The summed E-state index contributed by atoms with van der Waals surface area (Å²) < 4.78 is 0. The second-order valence-corrected chi connectivity index (χ2v) is 7.00. The van der Waals surface area contributed by atoms with Crippen LogP contribution >= 0.6 is 11.6 Å². The van der Waals surface area contributed by atoms with Gasteiger partial charge in [-0.05, 0) is 49.3 Å². The van der Waals surface area contributed by atoms with Crippen molar-refractivity contribution >= 4 is 23.2 Å². The van der Waals surface area contributed by atoms with Crippen LogP contribution in [0.2, 0.25) is 5.02 Å². The minimum atomic E-state index is 0.0475. The van der Waals surface area contributed by atoms with Crippen molar-refractivity contribution in [1.82, 2.24) is 0 Å². The Bertz CT molecular complexity index is 530. The van der Waals surface area contributed by atoms with Crippen LogP contribution in [-0.4, -0.2) is 18.0 Å². The van der Waals surface area contributed by atoms with E-state index in [1.165, 1.54) is 6.42 Å². The Morgan fingerprint density at radius 2 is 2.00 bits per heavy atom. The number of benzene rings is 1. The van der Waals surface area contributed by atoms with Gasteiger partial charge in [0.1, 0.15) is 0 Å². The molecule has 0 aromatic heterocycles. The van der Waals surface area contributed by atoms with E-state index in [2.05, 4.69) is 29.8 Å². The molecule has 0 saturated heterocycles. The molecule has 1 saturated carbocycles. The van der Waals surface area contributed by atoms with Crippen LogP contribution in [0.25, 0.3) is 0 Å². The first-order valence-electron chi connectivity index (χ1n) is 7.36. The van der Waals surface area contributed by atoms with E-state index in [1.807, 2.05) is 18.2 Å². The van der Waals surface area contributed by atoms with E-state index in [0.29, 0.717) is 17.8 Å². The van der Waals surface area contributed by atoms with E-state index in [0.717, 1.165) is 30.1 Å². The van der Waals surface area contributed by atoms with Crippen LogP contribution in [0.4, 0.5) is 5.69 Å². The first-order valence-corrected chi connectivity index (χ1v) is 7.74. The average molecular weight is 292 g/mol. The van der Waals surface area contributed by atoms with Crippen molar-refractivity contribution in [3.8, 4) is 0 Å². The van der Waals surface area contributed by atoms with Crippen LogP contribution in [0.3, 0.4) is 0 Å². The van der Waals surface area contributed by atoms with Crippen LogP contribution in [-0.2, 0) is 0 Å². The normalized spacial score (nSPS) is 33.5. The Labute approximate surface area is 125 Å². The molecule has 20 heavy (non-hydrogen) atoms. The lowest BCUT2D eigenvalue weighted by atomic mass is 9.71. The fourth-order valence-corrected chi connectivity index (χ4v) is 4.36. The van der Waals surface area contributed by atoms with Gasteiger partial charge in [0, 0.05) is 10.7 Å². The van der Waals surface area contributed by atoms with Gasteiger partial charge >= 0.3 is 0 Å². The predicted octanol–water partition coefficient (Wildman–Crippen LogP) is 3.67. The van der Waals surface area contributed by atoms with Gasteiger partial charge in [0.2, 0.25) is 0 Å². The topological polar surface area (TPSA) is 41.6 Å². The highest BCUT2D eigenvalue weighted by Crippen LogP contribution is 2.44. The summed E-state index contributed by atoms with van der Waals surface area (Å²) >= 11 is 6.15. The fraction of sp³-hybridized carbons (Fsp3) is 0.562. The van der Waals surface area contributed by atoms with E-state index in [9.17, 15) is 0 Å². The number of guanidine groups is 1. The number of anilines is 1. The molecule has 0 bridgehead atoms. The lowest BCUT2D eigenvalue weighted by molar-refractivity contribution is 0.197. The lowest BCUT2D eigenvalue weighted by Crippen LogP contribution is -2.55. The molecule has 2 atom stereocenters. The summed E-state index contributed by atoms with van der Waals surface area (Å²) in [5, 5.41) is 0.745. The van der Waals surface area contributed by atoms with Gasteiger partial charge in [0.15, 0.2) is 5.96 Å². The van der Waals surface area contributed by atoms with Gasteiger partial charge in [-0.25, -0.2) is 0 Å². The molecule has 0 amide bonds. The van der Waals surface area contributed by atoms with E-state index < -0.39 is 0 Å². The molecular weight excluding hydrogens is 270 g/mol. The summed E-state index contributed by atoms with van der Waals surface area (Å²) in [6.45, 7) is 5.48. The number of halogens is 1. The van der Waals surface area contributed by atoms with Crippen LogP contribution in [0.15, 0.2) is 29.3 Å². The second kappa shape index (κ2) is 4.96. The molecular formula is C16H22ClN3. The minimum absolute atomic E-state index is 0.0475. The maximum absolute atomic E-state index is 6.19. The molecule has 3 nitrogen and oxygen atoms in total. The zero-order valence-corrected chi connectivity index (χ0v) is 12.9. The largest absolute Gasteiger partial charge is 0.369 e. The van der Waals surface area contributed by atoms with Crippen molar-refractivity contribution in [3.05, 3.63) is 29.3 Å². The van der Waals surface area contributed by atoms with Gasteiger partial charge in [-0.3, -0.25) is 4.99 Å². The maximum atomic E-state index is 6.19. The Morgan fingerprint density at radius 1 is 1.30 bits per heavy atom. The third kappa shape index (κ3) is 2.28. The number of hydrogen-bond acceptors (Lipinski definition) is 3. The average Bonchev–Trinajstić information content (AvgIpc) is 2.64. The van der Waals surface area contributed by atoms with E-state index in [4.69, 9.17) is 17.3 Å². The minimum Gasteiger partial charge on any atom is -0.369 e. The van der Waals surface area contributed by atoms with Crippen molar-refractivity contribution in [2.24, 2.45) is 22.6 Å². The monoisotopic (exact) mass is 291 g/mol. The summed E-state index contributed by atoms with van der Waals surface area (Å²) in [5.41, 5.74) is 7.30. The van der Waals surface area contributed by atoms with Gasteiger partial charge in [0.25, 0.3) is 0 Å². The molecule has 2 N–H and O–H groups in total. The molecule has 3 rings (SSSR count). The molecule has 2 unspecified atom stereocenters. The first-order chi connectivity index (χ1) is 9.50. The molecule has 1 aliphatic carbocycles. The van der Waals surface area contributed by atoms with Crippen molar-refractivity contribution in [1.29, 1.82) is 0 Å². The van der Waals surface area contributed by atoms with E-state index in [-0.39, 0.29) is 5.54 Å². The van der Waals surface area contributed by atoms with E-state index in [1.54, 1.807) is 0 Å². The molecule has 0 radical (unpaired) electrons. The highest BCUT2D eigenvalue weighted by Gasteiger charge is 2.47. The standard InChI is InChI=1S/C16H22ClN3/c1-11-6-12(2)9-16(8-11)10-19-15(18)20(16)14-5-3-4-13(17)7-14/h3-5,7,11-12H,6,8-10H2,1-2H3,(H2,18,19). The fourth-order valence-electron chi connectivity index (χ4n) is 4.18. The third-order valence-corrected chi connectivity index (χ3v) is 4.80. The Kier molecular flexibility index (Phi) is 3.41. The Balaban J connectivity index is 1.99. The van der Waals surface area contributed by atoms with Crippen molar-refractivity contribution in [2.45, 2.75) is 38.6 Å². The molecule has 108 valence electrons. The number of aliphatic imine (C=N–C) groups is 1. The summed E-state index contributed by atoms with van der Waals surface area (Å²) in [6, 6.07) is 7.94. The molecule has 1 aromatic carbocycles. The second-order valence-electron chi connectivity index (χ2n) is 6.57. The maximum Gasteiger partial charge on any atom is 0.196 e. The van der Waals surface area contributed by atoms with Gasteiger partial charge in [-0.15, -0.1) is 0 Å². The molecule has 1 spiro atoms. The molecule has 4 heteroatoms. The van der Waals surface area contributed by atoms with Crippen LogP contribution in [0.1, 0.15) is 33.1 Å². The SMILES string of the molecule is CC1CC(C)CC2(CN=C(N)N2c2cccc(Cl)c2)C1. The van der Waals surface area contributed by atoms with Gasteiger partial charge in [-0.1, -0.05) is 31.5 Å². The van der Waals surface area contributed by atoms with Crippen LogP contribution in [0, 0.1) is 11.8 Å². The number of hydrogen-bond donors (Lipinski definition) is 1. The zero-order valence-electron chi connectivity index (χ0n) is 12.1. The summed E-state index contributed by atoms with van der Waals surface area (Å²) in [6.07, 6.45) is 3.59. The molecule has 1 aromatic rings. The molecule has 2 aliphatic rings. The van der Waals surface area contributed by atoms with Crippen LogP contribution in [0.5, 0.6) is 0 Å². The van der Waals surface area contributed by atoms with Crippen molar-refractivity contribution in [2.75, 3.05) is 11.4 Å². The summed E-state index contributed by atoms with van der Waals surface area (Å²) in [7, 11) is 0. The number of rotatable bonds is 1. The smallest absolute Gasteiger partial charge is 0.196 e. The molecule has 1 heterocycles. The number of nitrogens with zero attached hydrogens (tertiary/aromatic N) is 2. The summed E-state index contributed by atoms with van der Waals surface area (Å²) in [5.74, 6) is 2.05. The molecule has 1 aliphatic heterocycles. The van der Waals surface area contributed by atoms with Crippen molar-refractivity contribution < 1.29 is 0 Å². The Hall–Kier alpha value is -1.22. The zero-order chi connectivity index (χ0) is 14.3. The van der Waals surface area contributed by atoms with E-state index >= 15 is 0 Å². The summed E-state index contributed by atoms with van der Waals surface area (Å²) in [4.78, 5) is 6.77. The molecule has 1 fully saturated rings. The Morgan fingerprint density at radius 3 is 2.65 bits per heavy atom. The van der Waals surface area contributed by atoms with Gasteiger partial charge < -0.3 is 10.6 Å². The van der Waals surface area contributed by atoms with Gasteiger partial charge in [0.05, 0.1) is 12.1 Å². The third-order valence-electron chi connectivity index (χ3n) is 4.57. The van der Waals surface area contributed by atoms with Crippen LogP contribution < -0.4 is 10.6 Å². The van der Waals surface area contributed by atoms with Gasteiger partial charge in [-0.2, -0.15) is 0 Å². The highest BCUT2D eigenvalue weighted by molar-refractivity contribution is 6.31. The highest BCUT2D eigenvalue weighted by atomic mass is 35.5. The quantitative estimate of drug-likeness (QED) is 0.858. The predicted molar refractivity (Wildman–Crippen MR) is 85.3 cm³/mol. The van der Waals surface area contributed by atoms with Crippen molar-refractivity contribution in [3.63, 3.8) is 0 Å². The first kappa shape index (κ1) is 13.7. The number of nitrogens with two attached hydrogens (primary N) is 1. The lowest BCUT2D eigenvalue weighted by Gasteiger charge is -2.46.